The highest BCUT2D eigenvalue weighted by molar-refractivity contribution is 5.73. The quantitative estimate of drug-likeness (QED) is 0.704. The van der Waals surface area contributed by atoms with Crippen LogP contribution in [0.5, 0.6) is 0 Å². The van der Waals surface area contributed by atoms with Crippen molar-refractivity contribution in [2.45, 2.75) is 46.2 Å². The monoisotopic (exact) mass is 173 g/mol. The minimum absolute atomic E-state index is 0.0768. The topological polar surface area (TPSA) is 40.5 Å². The molecule has 3 nitrogen and oxygen atoms in total. The molecule has 0 aromatic heterocycles. The molecule has 0 spiro atoms. The Labute approximate surface area is 74.4 Å². The summed E-state index contributed by atoms with van der Waals surface area (Å²) in [5.74, 6) is -0.758. The predicted octanol–water partition coefficient (Wildman–Crippen LogP) is 1.58. The number of likely N-dealkylation sites (N-methyl/N-ethyl adjacent to an activating group) is 1. The molecule has 0 bridgehead atoms. The summed E-state index contributed by atoms with van der Waals surface area (Å²) in [4.78, 5) is 12.7. The van der Waals surface area contributed by atoms with E-state index in [-0.39, 0.29) is 5.54 Å². The van der Waals surface area contributed by atoms with E-state index in [1.807, 2.05) is 32.6 Å². The Balaban J connectivity index is 4.45. The Morgan fingerprint density at radius 3 is 2.00 bits per heavy atom. The Morgan fingerprint density at radius 2 is 1.92 bits per heavy atom. The fourth-order valence-electron chi connectivity index (χ4n) is 1.46. The van der Waals surface area contributed by atoms with Crippen LogP contribution in [0, 0.1) is 0 Å². The molecule has 72 valence electrons. The molecule has 0 aliphatic heterocycles. The van der Waals surface area contributed by atoms with Gasteiger partial charge in [-0.05, 0) is 34.2 Å². The molecule has 0 aliphatic carbocycles. The van der Waals surface area contributed by atoms with Crippen LogP contribution in [-0.4, -0.2) is 34.1 Å². The zero-order valence-electron chi connectivity index (χ0n) is 8.59. The van der Waals surface area contributed by atoms with Crippen molar-refractivity contribution in [3.63, 3.8) is 0 Å². The summed E-state index contributed by atoms with van der Waals surface area (Å²) in [6.07, 6.45) is 0. The van der Waals surface area contributed by atoms with E-state index < -0.39 is 12.0 Å². The van der Waals surface area contributed by atoms with Gasteiger partial charge in [0, 0.05) is 5.54 Å². The summed E-state index contributed by atoms with van der Waals surface area (Å²) in [5, 5.41) is 8.81. The third-order valence-electron chi connectivity index (χ3n) is 2.03. The highest BCUT2D eigenvalue weighted by atomic mass is 16.4. The first kappa shape index (κ1) is 11.4. The second-order valence-electron chi connectivity index (χ2n) is 3.97. The molecule has 1 atom stereocenters. The first-order chi connectivity index (χ1) is 5.30. The van der Waals surface area contributed by atoms with Gasteiger partial charge < -0.3 is 5.11 Å². The van der Waals surface area contributed by atoms with Gasteiger partial charge in [0.2, 0.25) is 0 Å². The largest absolute Gasteiger partial charge is 0.480 e. The molecular formula is C9H19NO2. The Morgan fingerprint density at radius 1 is 1.50 bits per heavy atom. The molecule has 0 heterocycles. The van der Waals surface area contributed by atoms with Gasteiger partial charge in [0.05, 0.1) is 0 Å². The number of carboxylic acids is 1. The van der Waals surface area contributed by atoms with Gasteiger partial charge in [-0.15, -0.1) is 0 Å². The van der Waals surface area contributed by atoms with Crippen molar-refractivity contribution >= 4 is 5.97 Å². The van der Waals surface area contributed by atoms with Crippen molar-refractivity contribution in [3.05, 3.63) is 0 Å². The van der Waals surface area contributed by atoms with Crippen LogP contribution in [-0.2, 0) is 4.79 Å². The standard InChI is InChI=1S/C9H19NO2/c1-6-10(9(3,4)5)7(2)8(11)12/h7H,6H2,1-5H3,(H,11,12). The Bertz CT molecular complexity index is 160. The fourth-order valence-corrected chi connectivity index (χ4v) is 1.46. The third-order valence-corrected chi connectivity index (χ3v) is 2.03. The van der Waals surface area contributed by atoms with Crippen molar-refractivity contribution in [2.75, 3.05) is 6.54 Å². The maximum absolute atomic E-state index is 10.7. The van der Waals surface area contributed by atoms with Gasteiger partial charge in [0.1, 0.15) is 6.04 Å². The van der Waals surface area contributed by atoms with E-state index in [2.05, 4.69) is 0 Å². The highest BCUT2D eigenvalue weighted by Gasteiger charge is 2.28. The second kappa shape index (κ2) is 3.90. The second-order valence-corrected chi connectivity index (χ2v) is 3.97. The molecule has 0 radical (unpaired) electrons. The van der Waals surface area contributed by atoms with Crippen molar-refractivity contribution in [2.24, 2.45) is 0 Å². The van der Waals surface area contributed by atoms with Crippen LogP contribution in [0.1, 0.15) is 34.6 Å². The average Bonchev–Trinajstić information content (AvgIpc) is 1.85. The number of rotatable bonds is 3. The molecule has 0 aliphatic rings. The zero-order chi connectivity index (χ0) is 9.94. The molecule has 1 N–H and O–H groups in total. The fraction of sp³-hybridized carbons (Fsp3) is 0.889. The van der Waals surface area contributed by atoms with E-state index in [0.717, 1.165) is 6.54 Å². The smallest absolute Gasteiger partial charge is 0.320 e. The van der Waals surface area contributed by atoms with Crippen molar-refractivity contribution in [1.29, 1.82) is 0 Å². The lowest BCUT2D eigenvalue weighted by Crippen LogP contribution is -2.49. The predicted molar refractivity (Wildman–Crippen MR) is 49.2 cm³/mol. The van der Waals surface area contributed by atoms with E-state index in [0.29, 0.717) is 0 Å². The lowest BCUT2D eigenvalue weighted by atomic mass is 10.0. The molecule has 0 saturated heterocycles. The summed E-state index contributed by atoms with van der Waals surface area (Å²) in [6.45, 7) is 10.5. The minimum Gasteiger partial charge on any atom is -0.480 e. The van der Waals surface area contributed by atoms with Crippen LogP contribution in [0.2, 0.25) is 0 Å². The molecule has 0 aromatic carbocycles. The van der Waals surface area contributed by atoms with E-state index in [4.69, 9.17) is 5.11 Å². The van der Waals surface area contributed by atoms with Gasteiger partial charge in [0.25, 0.3) is 0 Å². The number of hydrogen-bond donors (Lipinski definition) is 1. The lowest BCUT2D eigenvalue weighted by Gasteiger charge is -2.37. The van der Waals surface area contributed by atoms with Gasteiger partial charge >= 0.3 is 5.97 Å². The average molecular weight is 173 g/mol. The molecule has 0 amide bonds. The number of carbonyl (C=O) groups is 1. The summed E-state index contributed by atoms with van der Waals surface area (Å²) >= 11 is 0. The molecule has 3 heteroatoms. The molecule has 0 saturated carbocycles. The first-order valence-electron chi connectivity index (χ1n) is 4.30. The molecular weight excluding hydrogens is 154 g/mol. The van der Waals surface area contributed by atoms with Gasteiger partial charge in [0.15, 0.2) is 0 Å². The van der Waals surface area contributed by atoms with E-state index in [1.165, 1.54) is 0 Å². The van der Waals surface area contributed by atoms with E-state index in [9.17, 15) is 4.79 Å². The number of nitrogens with zero attached hydrogens (tertiary/aromatic N) is 1. The molecule has 0 fully saturated rings. The van der Waals surface area contributed by atoms with E-state index >= 15 is 0 Å². The first-order valence-corrected chi connectivity index (χ1v) is 4.30. The van der Waals surface area contributed by atoms with Crippen LogP contribution in [0.4, 0.5) is 0 Å². The van der Waals surface area contributed by atoms with Gasteiger partial charge in [-0.25, -0.2) is 0 Å². The maximum Gasteiger partial charge on any atom is 0.320 e. The summed E-state index contributed by atoms with van der Waals surface area (Å²) < 4.78 is 0. The Kier molecular flexibility index (Phi) is 3.71. The van der Waals surface area contributed by atoms with Crippen molar-refractivity contribution in [3.8, 4) is 0 Å². The number of aliphatic carboxylic acids is 1. The molecule has 0 rings (SSSR count). The molecule has 1 unspecified atom stereocenters. The normalized spacial score (nSPS) is 14.8. The number of carboxylic acid groups (broad SMARTS) is 1. The zero-order valence-corrected chi connectivity index (χ0v) is 8.59. The van der Waals surface area contributed by atoms with E-state index in [1.54, 1.807) is 6.92 Å². The van der Waals surface area contributed by atoms with Gasteiger partial charge in [-0.1, -0.05) is 6.92 Å². The van der Waals surface area contributed by atoms with Crippen molar-refractivity contribution < 1.29 is 9.90 Å². The third kappa shape index (κ3) is 2.81. The minimum atomic E-state index is -0.758. The van der Waals surface area contributed by atoms with Gasteiger partial charge in [-0.3, -0.25) is 9.69 Å². The van der Waals surface area contributed by atoms with Crippen LogP contribution in [0.15, 0.2) is 0 Å². The van der Waals surface area contributed by atoms with Crippen LogP contribution in [0.25, 0.3) is 0 Å². The maximum atomic E-state index is 10.7. The van der Waals surface area contributed by atoms with Gasteiger partial charge in [-0.2, -0.15) is 0 Å². The van der Waals surface area contributed by atoms with Crippen LogP contribution >= 0.6 is 0 Å². The highest BCUT2D eigenvalue weighted by Crippen LogP contribution is 2.16. The molecule has 12 heavy (non-hydrogen) atoms. The molecule has 0 aromatic rings. The number of hydrogen-bond acceptors (Lipinski definition) is 2. The van der Waals surface area contributed by atoms with Crippen molar-refractivity contribution in [1.82, 2.24) is 4.90 Å². The van der Waals surface area contributed by atoms with Crippen LogP contribution < -0.4 is 0 Å². The summed E-state index contributed by atoms with van der Waals surface area (Å²) in [5.41, 5.74) is -0.0768. The van der Waals surface area contributed by atoms with Crippen LogP contribution in [0.3, 0.4) is 0 Å². The summed E-state index contributed by atoms with van der Waals surface area (Å²) in [7, 11) is 0. The lowest BCUT2D eigenvalue weighted by molar-refractivity contribution is -0.144. The SMILES string of the molecule is CCN(C(C)C(=O)O)C(C)(C)C. The summed E-state index contributed by atoms with van der Waals surface area (Å²) in [6, 6.07) is -0.407. The Hall–Kier alpha value is -0.570.